The number of benzene rings is 1. The third-order valence-electron chi connectivity index (χ3n) is 4.62. The Hall–Kier alpha value is -1.88. The molecule has 2 rings (SSSR count). The number of rotatable bonds is 7. The van der Waals surface area contributed by atoms with Gasteiger partial charge in [0.25, 0.3) is 0 Å². The van der Waals surface area contributed by atoms with Gasteiger partial charge in [-0.25, -0.2) is 0 Å². The summed E-state index contributed by atoms with van der Waals surface area (Å²) in [5.74, 6) is -0.677. The van der Waals surface area contributed by atoms with E-state index >= 15 is 0 Å². The molecule has 0 spiro atoms. The number of carboxylic acid groups (broad SMARTS) is 1. The quantitative estimate of drug-likeness (QED) is 0.834. The number of carbonyl (C=O) groups is 2. The highest BCUT2D eigenvalue weighted by Crippen LogP contribution is 2.21. The summed E-state index contributed by atoms with van der Waals surface area (Å²) in [5, 5.41) is 8.89. The molecule has 1 aliphatic rings. The Labute approximate surface area is 144 Å². The van der Waals surface area contributed by atoms with Crippen molar-refractivity contribution in [2.75, 3.05) is 20.1 Å². The molecule has 0 aromatic heterocycles. The number of carbonyl (C=O) groups excluding carboxylic acids is 1. The molecule has 1 aromatic carbocycles. The summed E-state index contributed by atoms with van der Waals surface area (Å²) in [6.07, 6.45) is 3.70. The second-order valence-electron chi connectivity index (χ2n) is 6.83. The van der Waals surface area contributed by atoms with Gasteiger partial charge in [0, 0.05) is 25.6 Å². The zero-order chi connectivity index (χ0) is 17.5. The van der Waals surface area contributed by atoms with E-state index in [2.05, 4.69) is 31.2 Å². The number of likely N-dealkylation sites (N-methyl/N-ethyl adjacent to an activating group) is 1. The van der Waals surface area contributed by atoms with E-state index in [1.54, 1.807) is 0 Å². The molecule has 132 valence electrons. The molecule has 5 heteroatoms. The van der Waals surface area contributed by atoms with Gasteiger partial charge < -0.3 is 10.0 Å². The fraction of sp³-hybridized carbons (Fsp3) is 0.579. The summed E-state index contributed by atoms with van der Waals surface area (Å²) in [5.41, 5.74) is 2.42. The fourth-order valence-corrected chi connectivity index (χ4v) is 3.30. The summed E-state index contributed by atoms with van der Waals surface area (Å²) in [6, 6.07) is 8.42. The molecule has 1 heterocycles. The molecule has 0 radical (unpaired) electrons. The van der Waals surface area contributed by atoms with E-state index < -0.39 is 5.97 Å². The first kappa shape index (κ1) is 18.5. The number of aliphatic carboxylic acids is 1. The molecular formula is C19H28N2O3. The SMILES string of the molecule is Cc1ccc(CN(C)CC(=O)N2CCCC[C@@H]2CCC(=O)O)cc1. The lowest BCUT2D eigenvalue weighted by molar-refractivity contribution is -0.140. The minimum atomic E-state index is -0.788. The van der Waals surface area contributed by atoms with Gasteiger partial charge in [0.15, 0.2) is 0 Å². The highest BCUT2D eigenvalue weighted by atomic mass is 16.4. The Morgan fingerprint density at radius 1 is 1.25 bits per heavy atom. The van der Waals surface area contributed by atoms with Crippen molar-refractivity contribution in [1.29, 1.82) is 0 Å². The van der Waals surface area contributed by atoms with Gasteiger partial charge in [-0.05, 0) is 45.2 Å². The molecule has 0 unspecified atom stereocenters. The first-order valence-electron chi connectivity index (χ1n) is 8.71. The van der Waals surface area contributed by atoms with Crippen molar-refractivity contribution in [3.8, 4) is 0 Å². The molecule has 1 N–H and O–H groups in total. The van der Waals surface area contributed by atoms with Crippen LogP contribution in [0.2, 0.25) is 0 Å². The van der Waals surface area contributed by atoms with Crippen LogP contribution in [0.5, 0.6) is 0 Å². The maximum Gasteiger partial charge on any atom is 0.303 e. The van der Waals surface area contributed by atoms with Crippen molar-refractivity contribution in [1.82, 2.24) is 9.80 Å². The predicted molar refractivity (Wildman–Crippen MR) is 93.7 cm³/mol. The Balaban J connectivity index is 1.88. The third-order valence-corrected chi connectivity index (χ3v) is 4.62. The number of carboxylic acids is 1. The highest BCUT2D eigenvalue weighted by molar-refractivity contribution is 5.78. The van der Waals surface area contributed by atoms with Gasteiger partial charge in [-0.1, -0.05) is 29.8 Å². The molecule has 1 aromatic rings. The van der Waals surface area contributed by atoms with Gasteiger partial charge in [0.2, 0.25) is 5.91 Å². The Kier molecular flexibility index (Phi) is 6.79. The highest BCUT2D eigenvalue weighted by Gasteiger charge is 2.27. The van der Waals surface area contributed by atoms with Gasteiger partial charge >= 0.3 is 5.97 Å². The maximum absolute atomic E-state index is 12.6. The molecule has 1 fully saturated rings. The van der Waals surface area contributed by atoms with Crippen molar-refractivity contribution in [2.24, 2.45) is 0 Å². The lowest BCUT2D eigenvalue weighted by Crippen LogP contribution is -2.47. The fourth-order valence-electron chi connectivity index (χ4n) is 3.30. The molecule has 1 amide bonds. The molecule has 1 aliphatic heterocycles. The number of nitrogens with zero attached hydrogens (tertiary/aromatic N) is 2. The molecule has 0 bridgehead atoms. The third kappa shape index (κ3) is 5.64. The number of aryl methyl sites for hydroxylation is 1. The first-order valence-corrected chi connectivity index (χ1v) is 8.71. The first-order chi connectivity index (χ1) is 11.5. The Morgan fingerprint density at radius 2 is 1.96 bits per heavy atom. The summed E-state index contributed by atoms with van der Waals surface area (Å²) in [7, 11) is 1.95. The van der Waals surface area contributed by atoms with Gasteiger partial charge in [-0.15, -0.1) is 0 Å². The lowest BCUT2D eigenvalue weighted by Gasteiger charge is -2.36. The van der Waals surface area contributed by atoms with Crippen molar-refractivity contribution >= 4 is 11.9 Å². The van der Waals surface area contributed by atoms with Crippen LogP contribution < -0.4 is 0 Å². The molecule has 0 aliphatic carbocycles. The van der Waals surface area contributed by atoms with Crippen molar-refractivity contribution in [3.63, 3.8) is 0 Å². The van der Waals surface area contributed by atoms with E-state index in [0.29, 0.717) is 13.0 Å². The largest absolute Gasteiger partial charge is 0.481 e. The van der Waals surface area contributed by atoms with Gasteiger partial charge in [0.1, 0.15) is 0 Å². The zero-order valence-corrected chi connectivity index (χ0v) is 14.7. The molecule has 0 saturated carbocycles. The van der Waals surface area contributed by atoms with Crippen LogP contribution in [0.4, 0.5) is 0 Å². The molecule has 1 saturated heterocycles. The number of amides is 1. The van der Waals surface area contributed by atoms with E-state index in [-0.39, 0.29) is 18.4 Å². The second-order valence-corrected chi connectivity index (χ2v) is 6.83. The second kappa shape index (κ2) is 8.83. The van der Waals surface area contributed by atoms with Crippen LogP contribution in [0.15, 0.2) is 24.3 Å². The summed E-state index contributed by atoms with van der Waals surface area (Å²) in [6.45, 7) is 3.92. The number of piperidine rings is 1. The number of likely N-dealkylation sites (tertiary alicyclic amines) is 1. The van der Waals surface area contributed by atoms with Crippen molar-refractivity contribution in [3.05, 3.63) is 35.4 Å². The topological polar surface area (TPSA) is 60.9 Å². The normalized spacial score (nSPS) is 18.0. The number of hydrogen-bond donors (Lipinski definition) is 1. The smallest absolute Gasteiger partial charge is 0.303 e. The average molecular weight is 332 g/mol. The molecule has 1 atom stereocenters. The predicted octanol–water partition coefficient (Wildman–Crippen LogP) is 2.67. The Bertz CT molecular complexity index is 556. The van der Waals surface area contributed by atoms with E-state index in [1.807, 2.05) is 16.8 Å². The molecule has 24 heavy (non-hydrogen) atoms. The number of hydrogen-bond acceptors (Lipinski definition) is 3. The van der Waals surface area contributed by atoms with E-state index in [0.717, 1.165) is 32.4 Å². The van der Waals surface area contributed by atoms with Gasteiger partial charge in [0.05, 0.1) is 6.54 Å². The lowest BCUT2D eigenvalue weighted by atomic mass is 9.98. The average Bonchev–Trinajstić information content (AvgIpc) is 2.55. The van der Waals surface area contributed by atoms with E-state index in [4.69, 9.17) is 5.11 Å². The van der Waals surface area contributed by atoms with Crippen LogP contribution in [0.3, 0.4) is 0 Å². The van der Waals surface area contributed by atoms with E-state index in [1.165, 1.54) is 11.1 Å². The van der Waals surface area contributed by atoms with Crippen LogP contribution >= 0.6 is 0 Å². The van der Waals surface area contributed by atoms with Crippen LogP contribution in [0, 0.1) is 6.92 Å². The maximum atomic E-state index is 12.6. The van der Waals surface area contributed by atoms with Crippen LogP contribution in [-0.4, -0.2) is 53.0 Å². The zero-order valence-electron chi connectivity index (χ0n) is 14.7. The van der Waals surface area contributed by atoms with Crippen LogP contribution in [0.1, 0.15) is 43.2 Å². The van der Waals surface area contributed by atoms with Gasteiger partial charge in [-0.3, -0.25) is 14.5 Å². The minimum Gasteiger partial charge on any atom is -0.481 e. The summed E-state index contributed by atoms with van der Waals surface area (Å²) >= 11 is 0. The molecular weight excluding hydrogens is 304 g/mol. The van der Waals surface area contributed by atoms with Crippen LogP contribution in [0.25, 0.3) is 0 Å². The van der Waals surface area contributed by atoms with Crippen LogP contribution in [-0.2, 0) is 16.1 Å². The summed E-state index contributed by atoms with van der Waals surface area (Å²) < 4.78 is 0. The minimum absolute atomic E-state index is 0.0788. The monoisotopic (exact) mass is 332 g/mol. The van der Waals surface area contributed by atoms with Crippen molar-refractivity contribution < 1.29 is 14.7 Å². The van der Waals surface area contributed by atoms with Crippen molar-refractivity contribution in [2.45, 2.75) is 51.6 Å². The molecule has 5 nitrogen and oxygen atoms in total. The standard InChI is InChI=1S/C19H28N2O3/c1-15-6-8-16(9-7-15)13-20(2)14-18(22)21-12-4-3-5-17(21)10-11-19(23)24/h6-9,17H,3-5,10-14H2,1-2H3,(H,23,24)/t17-/m1/s1. The van der Waals surface area contributed by atoms with Gasteiger partial charge in [-0.2, -0.15) is 0 Å². The summed E-state index contributed by atoms with van der Waals surface area (Å²) in [4.78, 5) is 27.4. The Morgan fingerprint density at radius 3 is 2.62 bits per heavy atom. The van der Waals surface area contributed by atoms with E-state index in [9.17, 15) is 9.59 Å².